The molecule has 0 aromatic carbocycles. The number of rotatable bonds is 7. The van der Waals surface area contributed by atoms with Crippen molar-refractivity contribution in [2.24, 2.45) is 5.92 Å². The molecule has 1 unspecified atom stereocenters. The topological polar surface area (TPSA) is 84.8 Å². The summed E-state index contributed by atoms with van der Waals surface area (Å²) in [6.45, 7) is 7.37. The number of amides is 1. The van der Waals surface area contributed by atoms with E-state index in [9.17, 15) is 4.79 Å². The van der Waals surface area contributed by atoms with E-state index in [2.05, 4.69) is 33.9 Å². The van der Waals surface area contributed by atoms with Crippen LogP contribution in [0.2, 0.25) is 0 Å². The second kappa shape index (κ2) is 9.69. The van der Waals surface area contributed by atoms with E-state index in [1.54, 1.807) is 4.90 Å². The van der Waals surface area contributed by atoms with Crippen molar-refractivity contribution < 1.29 is 9.90 Å². The van der Waals surface area contributed by atoms with Crippen molar-refractivity contribution in [1.29, 1.82) is 0 Å². The molecule has 2 aliphatic heterocycles. The molecular weight excluding hydrogens is 392 g/mol. The van der Waals surface area contributed by atoms with Crippen LogP contribution in [0, 0.1) is 5.92 Å². The fourth-order valence-corrected chi connectivity index (χ4v) is 5.59. The molecule has 8 nitrogen and oxygen atoms in total. The van der Waals surface area contributed by atoms with Gasteiger partial charge in [-0.15, -0.1) is 0 Å². The molecule has 31 heavy (non-hydrogen) atoms. The van der Waals surface area contributed by atoms with Gasteiger partial charge in [0.15, 0.2) is 5.82 Å². The first-order valence-corrected chi connectivity index (χ1v) is 12.1. The van der Waals surface area contributed by atoms with Crippen LogP contribution in [0.4, 0.5) is 17.5 Å². The summed E-state index contributed by atoms with van der Waals surface area (Å²) in [5.74, 6) is 2.27. The zero-order valence-electron chi connectivity index (χ0n) is 19.3. The van der Waals surface area contributed by atoms with Crippen LogP contribution in [0.15, 0.2) is 6.20 Å². The van der Waals surface area contributed by atoms with E-state index in [1.807, 2.05) is 13.2 Å². The van der Waals surface area contributed by atoms with E-state index in [0.717, 1.165) is 63.2 Å². The summed E-state index contributed by atoms with van der Waals surface area (Å²) in [5, 5.41) is 12.7. The number of nitrogens with one attached hydrogen (secondary N) is 1. The van der Waals surface area contributed by atoms with E-state index in [0.29, 0.717) is 17.9 Å². The van der Waals surface area contributed by atoms with Crippen LogP contribution in [0.3, 0.4) is 0 Å². The van der Waals surface area contributed by atoms with Gasteiger partial charge >= 0.3 is 0 Å². The number of aliphatic hydroxyl groups is 1. The lowest BCUT2D eigenvalue weighted by atomic mass is 9.90. The number of carbonyl (C=O) groups excluding carboxylic acids is 1. The monoisotopic (exact) mass is 430 g/mol. The van der Waals surface area contributed by atoms with Crippen LogP contribution < -0.4 is 15.1 Å². The van der Waals surface area contributed by atoms with E-state index in [1.165, 1.54) is 12.8 Å². The highest BCUT2D eigenvalue weighted by atomic mass is 16.3. The second-order valence-corrected chi connectivity index (χ2v) is 9.40. The Morgan fingerprint density at radius 2 is 1.94 bits per heavy atom. The van der Waals surface area contributed by atoms with Gasteiger partial charge in [-0.3, -0.25) is 4.79 Å². The number of β-amino-alcohol motifs (C(OH)–C–C–N with tert-alkyl or cyclic N) is 1. The largest absolute Gasteiger partial charge is 0.395 e. The maximum absolute atomic E-state index is 13.0. The number of likely N-dealkylation sites (tertiary alicyclic amines) is 1. The Labute approximate surface area is 186 Å². The Morgan fingerprint density at radius 3 is 2.58 bits per heavy atom. The average Bonchev–Trinajstić information content (AvgIpc) is 3.31. The number of hydrogen-bond acceptors (Lipinski definition) is 7. The van der Waals surface area contributed by atoms with Crippen LogP contribution in [-0.2, 0) is 4.79 Å². The minimum Gasteiger partial charge on any atom is -0.395 e. The molecule has 1 saturated heterocycles. The van der Waals surface area contributed by atoms with E-state index in [4.69, 9.17) is 10.1 Å². The number of piperidine rings is 1. The first-order valence-electron chi connectivity index (χ1n) is 12.1. The summed E-state index contributed by atoms with van der Waals surface area (Å²) < 4.78 is 0. The molecule has 0 bridgehead atoms. The molecule has 1 amide bonds. The van der Waals surface area contributed by atoms with Gasteiger partial charge in [0.1, 0.15) is 11.7 Å². The molecular formula is C23H38N6O2. The number of carbonyl (C=O) groups is 1. The van der Waals surface area contributed by atoms with Gasteiger partial charge in [-0.1, -0.05) is 19.8 Å². The first kappa shape index (κ1) is 22.3. The minimum atomic E-state index is -0.142. The van der Waals surface area contributed by atoms with E-state index < -0.39 is 0 Å². The summed E-state index contributed by atoms with van der Waals surface area (Å²) in [6, 6.07) is 0.521. The number of likely N-dealkylation sites (N-methyl/N-ethyl adjacent to an activating group) is 1. The van der Waals surface area contributed by atoms with Crippen LogP contribution in [-0.4, -0.2) is 77.3 Å². The highest BCUT2D eigenvalue weighted by Gasteiger charge is 2.41. The molecule has 3 aliphatic rings. The normalized spacial score (nSPS) is 24.5. The smallest absolute Gasteiger partial charge is 0.249 e. The molecule has 0 spiro atoms. The van der Waals surface area contributed by atoms with Crippen LogP contribution in [0.25, 0.3) is 0 Å². The van der Waals surface area contributed by atoms with Gasteiger partial charge in [0.05, 0.1) is 12.8 Å². The average molecular weight is 431 g/mol. The third-order valence-electron chi connectivity index (χ3n) is 7.52. The number of anilines is 3. The fraction of sp³-hybridized carbons (Fsp3) is 0.783. The van der Waals surface area contributed by atoms with Gasteiger partial charge in [0.25, 0.3) is 0 Å². The van der Waals surface area contributed by atoms with Gasteiger partial charge in [0, 0.05) is 25.7 Å². The highest BCUT2D eigenvalue weighted by Crippen LogP contribution is 2.40. The zero-order valence-corrected chi connectivity index (χ0v) is 19.3. The van der Waals surface area contributed by atoms with Crippen molar-refractivity contribution in [3.63, 3.8) is 0 Å². The predicted molar refractivity (Wildman–Crippen MR) is 124 cm³/mol. The summed E-state index contributed by atoms with van der Waals surface area (Å²) >= 11 is 0. The van der Waals surface area contributed by atoms with E-state index in [-0.39, 0.29) is 24.6 Å². The predicted octanol–water partition coefficient (Wildman–Crippen LogP) is 2.49. The summed E-state index contributed by atoms with van der Waals surface area (Å²) in [7, 11) is 1.84. The van der Waals surface area contributed by atoms with Crippen molar-refractivity contribution >= 4 is 23.4 Å². The quantitative estimate of drug-likeness (QED) is 0.687. The fourth-order valence-electron chi connectivity index (χ4n) is 5.59. The lowest BCUT2D eigenvalue weighted by Crippen LogP contribution is -2.55. The van der Waals surface area contributed by atoms with Crippen molar-refractivity contribution in [3.8, 4) is 0 Å². The maximum Gasteiger partial charge on any atom is 0.249 e. The number of aromatic nitrogens is 2. The number of nitrogens with zero attached hydrogens (tertiary/aromatic N) is 5. The molecule has 2 atom stereocenters. The molecule has 2 N–H and O–H groups in total. The van der Waals surface area contributed by atoms with Crippen molar-refractivity contribution in [2.45, 2.75) is 76.9 Å². The van der Waals surface area contributed by atoms with Gasteiger partial charge in [-0.05, 0) is 58.0 Å². The Morgan fingerprint density at radius 1 is 1.23 bits per heavy atom. The number of hydrogen-bond donors (Lipinski definition) is 2. The minimum absolute atomic E-state index is 0.142. The molecule has 4 rings (SSSR count). The number of aliphatic hydroxyl groups excluding tert-OH is 1. The zero-order chi connectivity index (χ0) is 22.0. The Kier molecular flexibility index (Phi) is 6.96. The molecule has 3 heterocycles. The first-order chi connectivity index (χ1) is 15.0. The lowest BCUT2D eigenvalue weighted by Gasteiger charge is -2.43. The van der Waals surface area contributed by atoms with Crippen LogP contribution in [0.1, 0.15) is 58.8 Å². The van der Waals surface area contributed by atoms with Gasteiger partial charge in [-0.25, -0.2) is 4.98 Å². The van der Waals surface area contributed by atoms with Gasteiger partial charge in [-0.2, -0.15) is 4.98 Å². The highest BCUT2D eigenvalue weighted by molar-refractivity contribution is 6.04. The summed E-state index contributed by atoms with van der Waals surface area (Å²) in [5.41, 5.74) is 0.817. The molecule has 1 aliphatic carbocycles. The maximum atomic E-state index is 13.0. The summed E-state index contributed by atoms with van der Waals surface area (Å²) in [6.07, 6.45) is 9.52. The molecule has 1 aromatic heterocycles. The lowest BCUT2D eigenvalue weighted by molar-refractivity contribution is -0.120. The van der Waals surface area contributed by atoms with E-state index >= 15 is 0 Å². The molecule has 2 fully saturated rings. The molecule has 0 radical (unpaired) electrons. The molecule has 172 valence electrons. The standard InChI is InChI=1S/C23H38N6O2/c1-4-19-22(31)27(3)20-15-24-23(26-21(20)29(19)18-7-5-6-8-18)25-16(2)17-9-11-28(12-10-17)13-14-30/h15-19,30H,4-14H2,1-3H3,(H,24,25,26)/t16-,19?/m1/s1. The summed E-state index contributed by atoms with van der Waals surface area (Å²) in [4.78, 5) is 28.9. The Hall–Kier alpha value is -1.93. The van der Waals surface area contributed by atoms with Gasteiger partial charge < -0.3 is 25.1 Å². The second-order valence-electron chi connectivity index (χ2n) is 9.40. The third kappa shape index (κ3) is 4.51. The van der Waals surface area contributed by atoms with Crippen LogP contribution >= 0.6 is 0 Å². The molecule has 1 saturated carbocycles. The number of fused-ring (bicyclic) bond motifs is 1. The molecule has 1 aromatic rings. The van der Waals surface area contributed by atoms with Crippen molar-refractivity contribution in [1.82, 2.24) is 14.9 Å². The molecule has 8 heteroatoms. The Bertz CT molecular complexity index is 760. The van der Waals surface area contributed by atoms with Crippen LogP contribution in [0.5, 0.6) is 0 Å². The van der Waals surface area contributed by atoms with Crippen molar-refractivity contribution in [3.05, 3.63) is 6.20 Å². The van der Waals surface area contributed by atoms with Gasteiger partial charge in [0.2, 0.25) is 11.9 Å². The third-order valence-corrected chi connectivity index (χ3v) is 7.52. The van der Waals surface area contributed by atoms with Crippen molar-refractivity contribution in [2.75, 3.05) is 48.4 Å². The Balaban J connectivity index is 1.52. The SMILES string of the molecule is CCC1C(=O)N(C)c2cnc(N[C@H](C)C3CCN(CCO)CC3)nc2N1C1CCCC1.